The number of halogens is 2. The van der Waals surface area contributed by atoms with Gasteiger partial charge in [0.25, 0.3) is 0 Å². The van der Waals surface area contributed by atoms with Crippen LogP contribution in [0, 0.1) is 0 Å². The molecule has 24 heavy (non-hydrogen) atoms. The highest BCUT2D eigenvalue weighted by Crippen LogP contribution is 2.41. The smallest absolute Gasteiger partial charge is 0.120 e. The van der Waals surface area contributed by atoms with E-state index in [2.05, 4.69) is 15.7 Å². The van der Waals surface area contributed by atoms with E-state index in [-0.39, 0.29) is 11.7 Å². The Balaban J connectivity index is 1.48. The van der Waals surface area contributed by atoms with E-state index in [4.69, 9.17) is 28.2 Å². The van der Waals surface area contributed by atoms with Crippen LogP contribution in [0.25, 0.3) is 0 Å². The number of phenols is 1. The molecular weight excluding hydrogens is 349 g/mol. The second-order valence-corrected chi connectivity index (χ2v) is 7.92. The van der Waals surface area contributed by atoms with Crippen molar-refractivity contribution in [1.82, 2.24) is 14.5 Å². The number of fused-ring (bicyclic) bond motifs is 1. The number of likely N-dealkylation sites (tertiary alicyclic amines) is 1. The van der Waals surface area contributed by atoms with E-state index in [1.165, 1.54) is 0 Å². The monoisotopic (exact) mass is 367 g/mol. The van der Waals surface area contributed by atoms with Gasteiger partial charge < -0.3 is 14.8 Å². The van der Waals surface area contributed by atoms with Gasteiger partial charge in [-0.05, 0) is 19.1 Å². The largest absolute Gasteiger partial charge is 0.508 e. The molecule has 3 heterocycles. The van der Waals surface area contributed by atoms with Gasteiger partial charge in [-0.2, -0.15) is 0 Å². The number of hydrogen-bond donors (Lipinski definition) is 2. The summed E-state index contributed by atoms with van der Waals surface area (Å²) in [7, 11) is 0. The number of hydrogen-bond acceptors (Lipinski definition) is 4. The number of nitrogens with zero attached hydrogens (tertiary/aromatic N) is 3. The number of phenolic OH excluding ortho intramolecular Hbond substituents is 1. The lowest BCUT2D eigenvalue weighted by Gasteiger charge is -2.43. The van der Waals surface area contributed by atoms with Gasteiger partial charge in [0.2, 0.25) is 0 Å². The molecule has 5 nitrogen and oxygen atoms in total. The van der Waals surface area contributed by atoms with E-state index >= 15 is 0 Å². The summed E-state index contributed by atoms with van der Waals surface area (Å²) in [5.41, 5.74) is 1.16. The minimum Gasteiger partial charge on any atom is -0.508 e. The molecule has 0 radical (unpaired) electrons. The van der Waals surface area contributed by atoms with Crippen LogP contribution in [0.1, 0.15) is 29.9 Å². The van der Waals surface area contributed by atoms with Crippen molar-refractivity contribution in [2.75, 3.05) is 13.1 Å². The second kappa shape index (κ2) is 5.63. The predicted octanol–water partition coefficient (Wildman–Crippen LogP) is 2.80. The number of rotatable bonds is 3. The first-order chi connectivity index (χ1) is 11.3. The van der Waals surface area contributed by atoms with Crippen molar-refractivity contribution >= 4 is 23.2 Å². The van der Waals surface area contributed by atoms with Gasteiger partial charge in [-0.3, -0.25) is 4.90 Å². The standard InChI is InChI=1S/C17H19Cl2N3O2/c1-17(24)8-21(9-17)6-11-7-22-5-10(4-14(22)20-11)15-13(23)3-2-12(18)16(15)19/h2-3,7,10,23-24H,4-6,8-9H2,1H3. The van der Waals surface area contributed by atoms with E-state index in [1.807, 2.05) is 6.92 Å². The highest BCUT2D eigenvalue weighted by molar-refractivity contribution is 6.42. The van der Waals surface area contributed by atoms with Crippen LogP contribution >= 0.6 is 23.2 Å². The van der Waals surface area contributed by atoms with Crippen molar-refractivity contribution in [3.63, 3.8) is 0 Å². The quantitative estimate of drug-likeness (QED) is 0.875. The maximum absolute atomic E-state index is 10.2. The molecule has 2 N–H and O–H groups in total. The predicted molar refractivity (Wildman–Crippen MR) is 92.7 cm³/mol. The van der Waals surface area contributed by atoms with Crippen molar-refractivity contribution in [3.05, 3.63) is 45.5 Å². The van der Waals surface area contributed by atoms with Crippen molar-refractivity contribution in [1.29, 1.82) is 0 Å². The molecule has 1 fully saturated rings. The summed E-state index contributed by atoms with van der Waals surface area (Å²) >= 11 is 12.4. The van der Waals surface area contributed by atoms with Gasteiger partial charge in [-0.15, -0.1) is 0 Å². The summed E-state index contributed by atoms with van der Waals surface area (Å²) < 4.78 is 2.12. The van der Waals surface area contributed by atoms with Gasteiger partial charge in [0.1, 0.15) is 11.6 Å². The average Bonchev–Trinajstić information content (AvgIpc) is 2.99. The molecule has 128 valence electrons. The highest BCUT2D eigenvalue weighted by atomic mass is 35.5. The molecular formula is C17H19Cl2N3O2. The third kappa shape index (κ3) is 2.80. The molecule has 2 aliphatic rings. The summed E-state index contributed by atoms with van der Waals surface area (Å²) in [6.45, 7) is 4.70. The van der Waals surface area contributed by atoms with Crippen LogP contribution in [0.3, 0.4) is 0 Å². The van der Waals surface area contributed by atoms with Gasteiger partial charge in [0.15, 0.2) is 0 Å². The Morgan fingerprint density at radius 3 is 2.75 bits per heavy atom. The number of aromatic nitrogens is 2. The molecule has 1 aromatic heterocycles. The van der Waals surface area contributed by atoms with Crippen molar-refractivity contribution in [3.8, 4) is 5.75 Å². The third-order valence-corrected chi connectivity index (χ3v) is 5.61. The van der Waals surface area contributed by atoms with Crippen LogP contribution in [-0.4, -0.2) is 43.4 Å². The molecule has 7 heteroatoms. The fourth-order valence-corrected chi connectivity index (χ4v) is 4.31. The minimum absolute atomic E-state index is 0.0810. The van der Waals surface area contributed by atoms with Crippen LogP contribution in [0.4, 0.5) is 0 Å². The Morgan fingerprint density at radius 1 is 1.33 bits per heavy atom. The number of imidazole rings is 1. The van der Waals surface area contributed by atoms with Crippen LogP contribution < -0.4 is 0 Å². The molecule has 1 aromatic carbocycles. The molecule has 0 aliphatic carbocycles. The molecule has 1 saturated heterocycles. The minimum atomic E-state index is -0.561. The molecule has 0 spiro atoms. The van der Waals surface area contributed by atoms with Gasteiger partial charge >= 0.3 is 0 Å². The Kier molecular flexibility index (Phi) is 3.80. The zero-order chi connectivity index (χ0) is 17.1. The normalized spacial score (nSPS) is 22.4. The lowest BCUT2D eigenvalue weighted by molar-refractivity contribution is -0.0875. The van der Waals surface area contributed by atoms with Gasteiger partial charge in [0.05, 0.1) is 21.3 Å². The van der Waals surface area contributed by atoms with E-state index in [9.17, 15) is 10.2 Å². The van der Waals surface area contributed by atoms with E-state index in [0.29, 0.717) is 28.7 Å². The first-order valence-corrected chi connectivity index (χ1v) is 8.74. The Morgan fingerprint density at radius 2 is 2.08 bits per heavy atom. The Bertz CT molecular complexity index is 772. The second-order valence-electron chi connectivity index (χ2n) is 7.14. The van der Waals surface area contributed by atoms with Crippen molar-refractivity contribution < 1.29 is 10.2 Å². The maximum Gasteiger partial charge on any atom is 0.120 e. The van der Waals surface area contributed by atoms with E-state index in [0.717, 1.165) is 31.0 Å². The summed E-state index contributed by atoms with van der Waals surface area (Å²) in [4.78, 5) is 6.88. The molecule has 0 amide bonds. The fourth-order valence-electron chi connectivity index (χ4n) is 3.83. The molecule has 0 bridgehead atoms. The lowest BCUT2D eigenvalue weighted by Crippen LogP contribution is -2.59. The number of β-amino-alcohol motifs (C(OH)–C–C–N with tert-alkyl or cyclic N) is 1. The maximum atomic E-state index is 10.2. The summed E-state index contributed by atoms with van der Waals surface area (Å²) in [6, 6.07) is 3.20. The number of aliphatic hydroxyl groups is 1. The number of aromatic hydroxyl groups is 1. The Labute approximate surface area is 150 Å². The summed E-state index contributed by atoms with van der Waals surface area (Å²) in [5.74, 6) is 1.26. The molecule has 0 saturated carbocycles. The first kappa shape index (κ1) is 16.2. The molecule has 4 rings (SSSR count). The third-order valence-electron chi connectivity index (χ3n) is 4.79. The van der Waals surface area contributed by atoms with Crippen LogP contribution in [-0.2, 0) is 19.5 Å². The van der Waals surface area contributed by atoms with E-state index in [1.54, 1.807) is 12.1 Å². The zero-order valence-electron chi connectivity index (χ0n) is 13.3. The number of benzene rings is 1. The molecule has 2 aliphatic heterocycles. The first-order valence-electron chi connectivity index (χ1n) is 7.99. The van der Waals surface area contributed by atoms with Gasteiger partial charge in [-0.1, -0.05) is 23.2 Å². The van der Waals surface area contributed by atoms with Crippen LogP contribution in [0.15, 0.2) is 18.3 Å². The summed E-state index contributed by atoms with van der Waals surface area (Å²) in [5, 5.41) is 20.8. The van der Waals surface area contributed by atoms with Gasteiger partial charge in [-0.25, -0.2) is 4.98 Å². The van der Waals surface area contributed by atoms with Crippen molar-refractivity contribution in [2.24, 2.45) is 0 Å². The van der Waals surface area contributed by atoms with Crippen LogP contribution in [0.2, 0.25) is 10.0 Å². The SMILES string of the molecule is CC1(O)CN(Cc2cn3c(n2)CC(c2c(O)ccc(Cl)c2Cl)C3)C1. The van der Waals surface area contributed by atoms with Gasteiger partial charge in [0, 0.05) is 50.3 Å². The zero-order valence-corrected chi connectivity index (χ0v) is 14.8. The topological polar surface area (TPSA) is 61.5 Å². The van der Waals surface area contributed by atoms with E-state index < -0.39 is 5.60 Å². The average molecular weight is 368 g/mol. The lowest BCUT2D eigenvalue weighted by atomic mass is 9.96. The van der Waals surface area contributed by atoms with Crippen LogP contribution in [0.5, 0.6) is 5.75 Å². The molecule has 1 atom stereocenters. The fraction of sp³-hybridized carbons (Fsp3) is 0.471. The molecule has 2 aromatic rings. The highest BCUT2D eigenvalue weighted by Gasteiger charge is 2.37. The Hall–Kier alpha value is -1.27. The molecule has 1 unspecified atom stereocenters. The summed E-state index contributed by atoms with van der Waals surface area (Å²) in [6.07, 6.45) is 2.78. The van der Waals surface area contributed by atoms with Crippen molar-refractivity contribution in [2.45, 2.75) is 38.0 Å².